The van der Waals surface area contributed by atoms with E-state index in [1.54, 1.807) is 5.56 Å². The lowest BCUT2D eigenvalue weighted by molar-refractivity contribution is 0.195. The third-order valence-corrected chi connectivity index (χ3v) is 15.0. The molecule has 7 aromatic carbocycles. The van der Waals surface area contributed by atoms with Gasteiger partial charge in [-0.25, -0.2) is 0 Å². The first-order valence-electron chi connectivity index (χ1n) is 22.0. The van der Waals surface area contributed by atoms with Gasteiger partial charge >= 0.3 is 0 Å². The molecule has 12 rings (SSSR count). The Labute approximate surface area is 355 Å². The molecule has 0 spiro atoms. The van der Waals surface area contributed by atoms with Crippen LogP contribution in [0.15, 0.2) is 164 Å². The van der Waals surface area contributed by atoms with Crippen LogP contribution in [-0.2, 0) is 10.8 Å². The van der Waals surface area contributed by atoms with E-state index in [2.05, 4.69) is 213 Å². The lowest BCUT2D eigenvalue weighted by atomic mass is 9.33. The molecular formula is C56H50BN3. The molecule has 292 valence electrons. The zero-order valence-corrected chi connectivity index (χ0v) is 35.3. The van der Waals surface area contributed by atoms with Crippen molar-refractivity contribution in [3.05, 3.63) is 175 Å². The van der Waals surface area contributed by atoms with E-state index >= 15 is 0 Å². The molecule has 0 N–H and O–H groups in total. The third kappa shape index (κ3) is 4.74. The molecule has 4 aliphatic rings. The van der Waals surface area contributed by atoms with Gasteiger partial charge in [0.2, 0.25) is 0 Å². The maximum Gasteiger partial charge on any atom is 0.252 e. The topological polar surface area (TPSA) is 11.4 Å². The van der Waals surface area contributed by atoms with Gasteiger partial charge < -0.3 is 14.4 Å². The van der Waals surface area contributed by atoms with E-state index in [1.807, 2.05) is 0 Å². The Kier molecular flexibility index (Phi) is 7.51. The van der Waals surface area contributed by atoms with E-state index in [-0.39, 0.29) is 23.1 Å². The van der Waals surface area contributed by atoms with E-state index in [0.717, 1.165) is 17.8 Å². The molecule has 2 unspecified atom stereocenters. The molecular weight excluding hydrogens is 725 g/mol. The molecule has 60 heavy (non-hydrogen) atoms. The van der Waals surface area contributed by atoms with Crippen LogP contribution in [0.1, 0.15) is 71.4 Å². The second-order valence-corrected chi connectivity index (χ2v) is 19.2. The van der Waals surface area contributed by atoms with Gasteiger partial charge in [0, 0.05) is 50.3 Å². The fraction of sp³-hybridized carbons (Fsp3) is 0.214. The Hall–Kier alpha value is -6.26. The van der Waals surface area contributed by atoms with Crippen molar-refractivity contribution in [2.45, 2.75) is 76.7 Å². The van der Waals surface area contributed by atoms with Crippen LogP contribution in [-0.4, -0.2) is 16.8 Å². The predicted molar refractivity (Wildman–Crippen MR) is 255 cm³/mol. The smallest absolute Gasteiger partial charge is 0.252 e. The fourth-order valence-electron chi connectivity index (χ4n) is 12.0. The molecule has 3 aliphatic heterocycles. The van der Waals surface area contributed by atoms with Gasteiger partial charge in [-0.15, -0.1) is 0 Å². The first-order valence-corrected chi connectivity index (χ1v) is 22.0. The summed E-state index contributed by atoms with van der Waals surface area (Å²) in [4.78, 5) is 5.36. The number of para-hydroxylation sites is 3. The van der Waals surface area contributed by atoms with Crippen molar-refractivity contribution in [3.8, 4) is 28.1 Å². The molecule has 1 fully saturated rings. The average molecular weight is 776 g/mol. The molecule has 0 radical (unpaired) electrons. The zero-order chi connectivity index (χ0) is 40.5. The molecule has 0 bridgehead atoms. The third-order valence-electron chi connectivity index (χ3n) is 15.0. The number of benzene rings is 7. The van der Waals surface area contributed by atoms with E-state index in [0.29, 0.717) is 0 Å². The summed E-state index contributed by atoms with van der Waals surface area (Å²) in [5, 5.41) is 1.30. The number of rotatable bonds is 5. The molecule has 4 heterocycles. The van der Waals surface area contributed by atoms with Gasteiger partial charge in [0.05, 0.1) is 16.9 Å². The molecule has 8 aromatic rings. The highest BCUT2D eigenvalue weighted by Gasteiger charge is 2.61. The van der Waals surface area contributed by atoms with Crippen LogP contribution in [0.4, 0.5) is 28.4 Å². The molecule has 1 saturated carbocycles. The predicted octanol–water partition coefficient (Wildman–Crippen LogP) is 12.6. The van der Waals surface area contributed by atoms with Crippen LogP contribution in [0.5, 0.6) is 0 Å². The number of nitrogens with zero attached hydrogens (tertiary/aromatic N) is 3. The molecule has 3 nitrogen and oxygen atoms in total. The Balaban J connectivity index is 1.29. The first kappa shape index (κ1) is 35.7. The highest BCUT2D eigenvalue weighted by Crippen LogP contribution is 2.62. The maximum atomic E-state index is 2.88. The Morgan fingerprint density at radius 1 is 0.583 bits per heavy atom. The number of anilines is 5. The summed E-state index contributed by atoms with van der Waals surface area (Å²) < 4.78 is 2.67. The van der Waals surface area contributed by atoms with Crippen molar-refractivity contribution >= 4 is 62.4 Å². The van der Waals surface area contributed by atoms with Crippen molar-refractivity contribution in [2.75, 3.05) is 9.80 Å². The lowest BCUT2D eigenvalue weighted by Crippen LogP contribution is -2.64. The molecule has 1 aliphatic carbocycles. The number of aromatic nitrogens is 1. The van der Waals surface area contributed by atoms with Crippen molar-refractivity contribution in [3.63, 3.8) is 0 Å². The summed E-state index contributed by atoms with van der Waals surface area (Å²) in [5.41, 5.74) is 21.1. The van der Waals surface area contributed by atoms with Gasteiger partial charge in [0.1, 0.15) is 0 Å². The molecule has 0 amide bonds. The maximum absolute atomic E-state index is 2.88. The molecule has 0 saturated heterocycles. The number of fused-ring (bicyclic) bond motifs is 7. The summed E-state index contributed by atoms with van der Waals surface area (Å²) in [5.74, 6) is 0. The van der Waals surface area contributed by atoms with Crippen molar-refractivity contribution < 1.29 is 0 Å². The van der Waals surface area contributed by atoms with Crippen LogP contribution in [0, 0.1) is 0 Å². The van der Waals surface area contributed by atoms with Crippen LogP contribution in [0.25, 0.3) is 39.0 Å². The van der Waals surface area contributed by atoms with Gasteiger partial charge in [0.25, 0.3) is 6.71 Å². The average Bonchev–Trinajstić information content (AvgIpc) is 3.73. The Morgan fingerprint density at radius 3 is 1.83 bits per heavy atom. The minimum atomic E-state index is -0.0963. The Bertz CT molecular complexity index is 2960. The van der Waals surface area contributed by atoms with Gasteiger partial charge in [0.15, 0.2) is 0 Å². The quantitative estimate of drug-likeness (QED) is 0.161. The van der Waals surface area contributed by atoms with E-state index in [1.165, 1.54) is 97.3 Å². The number of hydrogen-bond acceptors (Lipinski definition) is 2. The van der Waals surface area contributed by atoms with Crippen LogP contribution in [0.2, 0.25) is 0 Å². The summed E-state index contributed by atoms with van der Waals surface area (Å²) in [6, 6.07) is 61.7. The highest BCUT2D eigenvalue weighted by molar-refractivity contribution is 7.00. The zero-order valence-electron chi connectivity index (χ0n) is 35.3. The SMILES string of the molecule is CC(C)(C)c1cc2c3c(c1)C1(C)CCCCC1(C)N3c1cc(N(c3ccccc3)c3ccccc3)cc3c1B2c1cccc2c(-c4ccccc4)c(-c4ccccc4)n-3c12. The van der Waals surface area contributed by atoms with Crippen LogP contribution >= 0.6 is 0 Å². The molecule has 4 heteroatoms. The first-order chi connectivity index (χ1) is 29.2. The lowest BCUT2D eigenvalue weighted by Gasteiger charge is -2.52. The molecule has 2 atom stereocenters. The largest absolute Gasteiger partial charge is 0.335 e. The summed E-state index contributed by atoms with van der Waals surface area (Å²) in [6.07, 6.45) is 4.86. The van der Waals surface area contributed by atoms with Gasteiger partial charge in [-0.1, -0.05) is 168 Å². The van der Waals surface area contributed by atoms with Crippen LogP contribution in [0.3, 0.4) is 0 Å². The Morgan fingerprint density at radius 2 is 1.18 bits per heavy atom. The van der Waals surface area contributed by atoms with Crippen molar-refractivity contribution in [1.82, 2.24) is 4.57 Å². The van der Waals surface area contributed by atoms with Crippen molar-refractivity contribution in [1.29, 1.82) is 0 Å². The normalized spacial score (nSPS) is 19.6. The van der Waals surface area contributed by atoms with Crippen LogP contribution < -0.4 is 26.2 Å². The number of hydrogen-bond donors (Lipinski definition) is 0. The van der Waals surface area contributed by atoms with E-state index in [9.17, 15) is 0 Å². The second kappa shape index (κ2) is 12.6. The second-order valence-electron chi connectivity index (χ2n) is 19.2. The minimum absolute atomic E-state index is 0.00105. The summed E-state index contributed by atoms with van der Waals surface area (Å²) >= 11 is 0. The highest BCUT2D eigenvalue weighted by atomic mass is 15.3. The van der Waals surface area contributed by atoms with Gasteiger partial charge in [-0.05, 0) is 100 Å². The van der Waals surface area contributed by atoms with Crippen molar-refractivity contribution in [2.24, 2.45) is 0 Å². The van der Waals surface area contributed by atoms with E-state index in [4.69, 9.17) is 0 Å². The molecule has 1 aromatic heterocycles. The fourth-order valence-corrected chi connectivity index (χ4v) is 12.0. The van der Waals surface area contributed by atoms with Gasteiger partial charge in [-0.2, -0.15) is 0 Å². The minimum Gasteiger partial charge on any atom is -0.335 e. The summed E-state index contributed by atoms with van der Waals surface area (Å²) in [6.45, 7) is 12.5. The monoisotopic (exact) mass is 775 g/mol. The van der Waals surface area contributed by atoms with Gasteiger partial charge in [-0.3, -0.25) is 0 Å². The standard InChI is InChI=1S/C56H50BN3/c1-54(2,3)39-33-44-53-46(34-39)57-45-30-20-29-43-49(37-21-10-6-11-22-37)51(38-23-12-7-13-24-38)59(52(43)45)47-35-42(58(40-25-14-8-15-26-40)41-27-16-9-17-28-41)36-48(50(47)57)60(53)56(5)32-19-18-31-55(44,56)4/h6-17,20-30,33-36H,18-19,31-32H2,1-5H3. The summed E-state index contributed by atoms with van der Waals surface area (Å²) in [7, 11) is 0. The van der Waals surface area contributed by atoms with E-state index < -0.39 is 0 Å².